The first-order valence-corrected chi connectivity index (χ1v) is 6.05. The average molecular weight is 296 g/mol. The highest BCUT2D eigenvalue weighted by atomic mass is 79.9. The Labute approximate surface area is 109 Å². The molecule has 2 aromatic rings. The monoisotopic (exact) mass is 295 g/mol. The summed E-state index contributed by atoms with van der Waals surface area (Å²) in [5.74, 6) is 0.874. The third-order valence-electron chi connectivity index (χ3n) is 2.41. The fourth-order valence-electron chi connectivity index (χ4n) is 1.54. The lowest BCUT2D eigenvalue weighted by atomic mass is 10.3. The molecule has 0 aliphatic carbocycles. The molecule has 0 radical (unpaired) electrons. The zero-order valence-electron chi connectivity index (χ0n) is 9.77. The van der Waals surface area contributed by atoms with E-state index in [0.29, 0.717) is 6.54 Å². The lowest BCUT2D eigenvalue weighted by molar-refractivity contribution is 0.516. The van der Waals surface area contributed by atoms with E-state index in [1.54, 1.807) is 12.5 Å². The van der Waals surface area contributed by atoms with Gasteiger partial charge < -0.3 is 14.6 Å². The van der Waals surface area contributed by atoms with E-state index in [2.05, 4.69) is 26.2 Å². The quantitative estimate of drug-likeness (QED) is 0.941. The highest BCUT2D eigenvalue weighted by molar-refractivity contribution is 9.10. The molecule has 0 spiro atoms. The number of nitrogens with zero attached hydrogens (tertiary/aromatic N) is 2. The van der Waals surface area contributed by atoms with Gasteiger partial charge in [0.05, 0.1) is 34.9 Å². The van der Waals surface area contributed by atoms with Crippen LogP contribution in [0, 0.1) is 0 Å². The Morgan fingerprint density at radius 3 is 2.88 bits per heavy atom. The number of aromatic nitrogens is 1. The maximum Gasteiger partial charge on any atom is 0.136 e. The van der Waals surface area contributed by atoms with E-state index in [9.17, 15) is 0 Å². The van der Waals surface area contributed by atoms with Crippen LogP contribution in [-0.2, 0) is 6.54 Å². The van der Waals surface area contributed by atoms with E-state index in [-0.39, 0.29) is 0 Å². The van der Waals surface area contributed by atoms with E-state index < -0.39 is 0 Å². The SMILES string of the molecule is CN(C)c1ccncc1NCc1occc1Br. The van der Waals surface area contributed by atoms with Gasteiger partial charge in [-0.15, -0.1) is 0 Å². The maximum atomic E-state index is 5.34. The second kappa shape index (κ2) is 5.23. The van der Waals surface area contributed by atoms with E-state index in [0.717, 1.165) is 21.6 Å². The van der Waals surface area contributed by atoms with Crippen molar-refractivity contribution in [3.05, 3.63) is 41.0 Å². The number of rotatable bonds is 4. The van der Waals surface area contributed by atoms with Crippen LogP contribution in [0.3, 0.4) is 0 Å². The summed E-state index contributed by atoms with van der Waals surface area (Å²) < 4.78 is 6.32. The molecule has 0 fully saturated rings. The van der Waals surface area contributed by atoms with Crippen molar-refractivity contribution in [2.75, 3.05) is 24.3 Å². The van der Waals surface area contributed by atoms with Gasteiger partial charge in [0.15, 0.2) is 0 Å². The van der Waals surface area contributed by atoms with Crippen LogP contribution in [0.15, 0.2) is 39.7 Å². The highest BCUT2D eigenvalue weighted by Gasteiger charge is 2.06. The Balaban J connectivity index is 2.11. The van der Waals surface area contributed by atoms with Crippen molar-refractivity contribution < 1.29 is 4.42 Å². The molecule has 0 atom stereocenters. The van der Waals surface area contributed by atoms with Crippen molar-refractivity contribution >= 4 is 27.3 Å². The van der Waals surface area contributed by atoms with Gasteiger partial charge in [0.1, 0.15) is 5.76 Å². The predicted octanol–water partition coefficient (Wildman–Crippen LogP) is 3.12. The van der Waals surface area contributed by atoms with Crippen molar-refractivity contribution in [2.45, 2.75) is 6.54 Å². The van der Waals surface area contributed by atoms with Crippen LogP contribution in [0.1, 0.15) is 5.76 Å². The summed E-state index contributed by atoms with van der Waals surface area (Å²) in [6, 6.07) is 3.85. The Morgan fingerprint density at radius 2 is 2.24 bits per heavy atom. The largest absolute Gasteiger partial charge is 0.466 e. The number of anilines is 2. The van der Waals surface area contributed by atoms with Crippen molar-refractivity contribution in [1.82, 2.24) is 4.98 Å². The molecule has 1 N–H and O–H groups in total. The van der Waals surface area contributed by atoms with Gasteiger partial charge in [-0.3, -0.25) is 4.98 Å². The summed E-state index contributed by atoms with van der Waals surface area (Å²) in [6.45, 7) is 0.625. The normalized spacial score (nSPS) is 10.3. The molecule has 2 heterocycles. The number of nitrogens with one attached hydrogen (secondary N) is 1. The highest BCUT2D eigenvalue weighted by Crippen LogP contribution is 2.24. The Bertz CT molecular complexity index is 496. The number of halogens is 1. The fourth-order valence-corrected chi connectivity index (χ4v) is 1.88. The third-order valence-corrected chi connectivity index (χ3v) is 3.12. The summed E-state index contributed by atoms with van der Waals surface area (Å²) in [6.07, 6.45) is 5.26. The van der Waals surface area contributed by atoms with Gasteiger partial charge in [0.2, 0.25) is 0 Å². The van der Waals surface area contributed by atoms with E-state index in [1.807, 2.05) is 37.3 Å². The van der Waals surface area contributed by atoms with Gasteiger partial charge in [0, 0.05) is 20.3 Å². The van der Waals surface area contributed by atoms with Crippen LogP contribution in [0.2, 0.25) is 0 Å². The minimum atomic E-state index is 0.625. The summed E-state index contributed by atoms with van der Waals surface area (Å²) in [5.41, 5.74) is 2.09. The van der Waals surface area contributed by atoms with Gasteiger partial charge in [-0.1, -0.05) is 0 Å². The van der Waals surface area contributed by atoms with Crippen LogP contribution in [-0.4, -0.2) is 19.1 Å². The molecular formula is C12H14BrN3O. The Hall–Kier alpha value is -1.49. The number of hydrogen-bond acceptors (Lipinski definition) is 4. The number of pyridine rings is 1. The molecule has 0 bridgehead atoms. The van der Waals surface area contributed by atoms with Crippen LogP contribution >= 0.6 is 15.9 Å². The average Bonchev–Trinajstić information content (AvgIpc) is 2.72. The van der Waals surface area contributed by atoms with Crippen molar-refractivity contribution in [3.63, 3.8) is 0 Å². The first kappa shape index (κ1) is 12.0. The third kappa shape index (κ3) is 2.79. The molecule has 0 saturated carbocycles. The minimum Gasteiger partial charge on any atom is -0.466 e. The Morgan fingerprint density at radius 1 is 1.41 bits per heavy atom. The first-order valence-electron chi connectivity index (χ1n) is 5.25. The van der Waals surface area contributed by atoms with Crippen LogP contribution in [0.5, 0.6) is 0 Å². The van der Waals surface area contributed by atoms with E-state index >= 15 is 0 Å². The maximum absolute atomic E-state index is 5.34. The van der Waals surface area contributed by atoms with Gasteiger partial charge in [0.25, 0.3) is 0 Å². The smallest absolute Gasteiger partial charge is 0.136 e. The minimum absolute atomic E-state index is 0.625. The van der Waals surface area contributed by atoms with Crippen LogP contribution in [0.4, 0.5) is 11.4 Å². The standard InChI is InChI=1S/C12H14BrN3O/c1-16(2)11-3-5-14-7-10(11)15-8-12-9(13)4-6-17-12/h3-7,15H,8H2,1-2H3. The summed E-state index contributed by atoms with van der Waals surface area (Å²) in [7, 11) is 4.01. The van der Waals surface area contributed by atoms with Crippen molar-refractivity contribution in [1.29, 1.82) is 0 Å². The van der Waals surface area contributed by atoms with Gasteiger partial charge >= 0.3 is 0 Å². The number of hydrogen-bond donors (Lipinski definition) is 1. The molecule has 2 aromatic heterocycles. The number of furan rings is 1. The van der Waals surface area contributed by atoms with Crippen LogP contribution < -0.4 is 10.2 Å². The second-order valence-corrected chi connectivity index (χ2v) is 4.69. The van der Waals surface area contributed by atoms with E-state index in [4.69, 9.17) is 4.42 Å². The Kier molecular flexibility index (Phi) is 3.68. The predicted molar refractivity (Wildman–Crippen MR) is 72.3 cm³/mol. The summed E-state index contributed by atoms with van der Waals surface area (Å²) in [4.78, 5) is 6.16. The lowest BCUT2D eigenvalue weighted by Gasteiger charge is -2.17. The molecule has 0 amide bonds. The second-order valence-electron chi connectivity index (χ2n) is 3.83. The zero-order chi connectivity index (χ0) is 12.3. The molecule has 90 valence electrons. The molecule has 0 saturated heterocycles. The lowest BCUT2D eigenvalue weighted by Crippen LogP contribution is -2.12. The van der Waals surface area contributed by atoms with Gasteiger partial charge in [-0.2, -0.15) is 0 Å². The van der Waals surface area contributed by atoms with Crippen molar-refractivity contribution in [2.24, 2.45) is 0 Å². The molecule has 2 rings (SSSR count). The summed E-state index contributed by atoms with van der Waals surface area (Å²) in [5, 5.41) is 3.31. The molecule has 4 nitrogen and oxygen atoms in total. The molecule has 0 aromatic carbocycles. The molecule has 0 aliphatic heterocycles. The molecule has 0 aliphatic rings. The molecule has 5 heteroatoms. The topological polar surface area (TPSA) is 41.3 Å². The molecule has 0 unspecified atom stereocenters. The van der Waals surface area contributed by atoms with Crippen molar-refractivity contribution in [3.8, 4) is 0 Å². The molecular weight excluding hydrogens is 282 g/mol. The van der Waals surface area contributed by atoms with E-state index in [1.165, 1.54) is 0 Å². The first-order chi connectivity index (χ1) is 8.18. The van der Waals surface area contributed by atoms with Gasteiger partial charge in [-0.25, -0.2) is 0 Å². The van der Waals surface area contributed by atoms with Crippen LogP contribution in [0.25, 0.3) is 0 Å². The zero-order valence-corrected chi connectivity index (χ0v) is 11.4. The van der Waals surface area contributed by atoms with Gasteiger partial charge in [-0.05, 0) is 28.1 Å². The molecule has 17 heavy (non-hydrogen) atoms. The summed E-state index contributed by atoms with van der Waals surface area (Å²) >= 11 is 3.43. The fraction of sp³-hybridized carbons (Fsp3) is 0.250.